The van der Waals surface area contributed by atoms with Crippen LogP contribution in [-0.2, 0) is 25.6 Å². The molecule has 0 aliphatic heterocycles. The number of hydrogen-bond donors (Lipinski definition) is 8. The average Bonchev–Trinajstić information content (AvgIpc) is 3.21. The summed E-state index contributed by atoms with van der Waals surface area (Å²) in [5.41, 5.74) is 17.7. The predicted molar refractivity (Wildman–Crippen MR) is 125 cm³/mol. The molecule has 0 bridgehead atoms. The van der Waals surface area contributed by atoms with Crippen molar-refractivity contribution < 1.29 is 24.3 Å². The Morgan fingerprint density at radius 2 is 1.76 bits per heavy atom. The summed E-state index contributed by atoms with van der Waals surface area (Å²) in [4.78, 5) is 54.5. The van der Waals surface area contributed by atoms with Crippen molar-refractivity contribution >= 4 is 40.6 Å². The van der Waals surface area contributed by atoms with E-state index >= 15 is 0 Å². The molecule has 13 heteroatoms. The van der Waals surface area contributed by atoms with E-state index in [0.717, 1.165) is 16.5 Å². The average molecular weight is 475 g/mol. The first-order valence-corrected chi connectivity index (χ1v) is 10.6. The van der Waals surface area contributed by atoms with E-state index in [0.29, 0.717) is 19.4 Å². The number of benzene rings is 1. The van der Waals surface area contributed by atoms with Crippen LogP contribution in [0.3, 0.4) is 0 Å². The molecule has 1 heterocycles. The Morgan fingerprint density at radius 3 is 2.47 bits per heavy atom. The fraction of sp³-hybridized carbons (Fsp3) is 0.381. The zero-order chi connectivity index (χ0) is 25.1. The van der Waals surface area contributed by atoms with Crippen molar-refractivity contribution in [2.75, 3.05) is 19.6 Å². The van der Waals surface area contributed by atoms with Crippen molar-refractivity contribution in [2.45, 2.75) is 31.3 Å². The van der Waals surface area contributed by atoms with Gasteiger partial charge in [0.1, 0.15) is 6.04 Å². The van der Waals surface area contributed by atoms with E-state index in [2.05, 4.69) is 25.9 Å². The first kappa shape index (κ1) is 26.1. The van der Waals surface area contributed by atoms with E-state index in [-0.39, 0.29) is 18.9 Å². The minimum atomic E-state index is -1.20. The Morgan fingerprint density at radius 1 is 1.06 bits per heavy atom. The number of aromatic amines is 1. The topological polar surface area (TPSA) is 231 Å². The quantitative estimate of drug-likeness (QED) is 0.0907. The van der Waals surface area contributed by atoms with E-state index in [1.165, 1.54) is 0 Å². The molecule has 1 aromatic carbocycles. The summed E-state index contributed by atoms with van der Waals surface area (Å²) in [6, 6.07) is 5.38. The number of nitrogens with two attached hydrogens (primary N) is 3. The number of carboxylic acid groups (broad SMARTS) is 1. The Kier molecular flexibility index (Phi) is 9.83. The maximum atomic E-state index is 12.2. The Balaban J connectivity index is 1.74. The summed E-state index contributed by atoms with van der Waals surface area (Å²) in [7, 11) is 0. The van der Waals surface area contributed by atoms with Crippen molar-refractivity contribution in [2.24, 2.45) is 22.2 Å². The number of carbonyl (C=O) groups excluding carboxylic acids is 3. The first-order chi connectivity index (χ1) is 16.2. The largest absolute Gasteiger partial charge is 0.480 e. The van der Waals surface area contributed by atoms with Gasteiger partial charge in [0, 0.05) is 30.1 Å². The number of carboxylic acids is 1. The molecule has 184 valence electrons. The molecule has 2 unspecified atom stereocenters. The number of para-hydroxylation sites is 1. The van der Waals surface area contributed by atoms with Gasteiger partial charge in [-0.1, -0.05) is 18.2 Å². The van der Waals surface area contributed by atoms with Crippen LogP contribution in [0.2, 0.25) is 0 Å². The minimum Gasteiger partial charge on any atom is -0.480 e. The standard InChI is InChI=1S/C21H30N8O5/c22-14(5-3-7-25-21(23)24)19(32)28-10-17(30)27-11-18(31)29-16(20(33)34)8-12-9-26-15-6-2-1-4-13(12)15/h1-2,4,6,9,14,16,26H,3,5,7-8,10-11,22H2,(H,27,30)(H,28,32)(H,29,31)(H,33,34)(H4,23,24,25). The monoisotopic (exact) mass is 474 g/mol. The SMILES string of the molecule is NC(N)=NCCCC(N)C(=O)NCC(=O)NCC(=O)NC(Cc1c[nH]c2ccccc12)C(=O)O. The summed E-state index contributed by atoms with van der Waals surface area (Å²) in [6.07, 6.45) is 2.57. The second-order valence-corrected chi connectivity index (χ2v) is 7.57. The maximum absolute atomic E-state index is 12.2. The van der Waals surface area contributed by atoms with Crippen LogP contribution in [0.4, 0.5) is 0 Å². The molecule has 34 heavy (non-hydrogen) atoms. The molecule has 0 radical (unpaired) electrons. The minimum absolute atomic E-state index is 0.0497. The third kappa shape index (κ3) is 8.43. The number of guanidine groups is 1. The molecule has 0 saturated heterocycles. The normalized spacial score (nSPS) is 12.4. The van der Waals surface area contributed by atoms with Gasteiger partial charge in [0.15, 0.2) is 5.96 Å². The summed E-state index contributed by atoms with van der Waals surface area (Å²) in [6.45, 7) is -0.501. The van der Waals surface area contributed by atoms with E-state index in [9.17, 15) is 24.3 Å². The number of hydrogen-bond acceptors (Lipinski definition) is 6. The van der Waals surface area contributed by atoms with Gasteiger partial charge in [-0.3, -0.25) is 19.4 Å². The zero-order valence-electron chi connectivity index (χ0n) is 18.5. The second-order valence-electron chi connectivity index (χ2n) is 7.57. The van der Waals surface area contributed by atoms with Crippen molar-refractivity contribution in [3.05, 3.63) is 36.0 Å². The van der Waals surface area contributed by atoms with Gasteiger partial charge < -0.3 is 43.2 Å². The van der Waals surface area contributed by atoms with E-state index < -0.39 is 42.3 Å². The molecule has 0 spiro atoms. The van der Waals surface area contributed by atoms with Crippen molar-refractivity contribution in [3.8, 4) is 0 Å². The molecule has 0 aliphatic rings. The van der Waals surface area contributed by atoms with Crippen LogP contribution in [0.5, 0.6) is 0 Å². The molecule has 0 fully saturated rings. The van der Waals surface area contributed by atoms with Crippen LogP contribution in [0.15, 0.2) is 35.5 Å². The summed E-state index contributed by atoms with van der Waals surface area (Å²) >= 11 is 0. The van der Waals surface area contributed by atoms with Gasteiger partial charge in [-0.05, 0) is 24.5 Å². The second kappa shape index (κ2) is 12.8. The van der Waals surface area contributed by atoms with Crippen LogP contribution in [0, 0.1) is 0 Å². The number of rotatable bonds is 13. The molecule has 0 saturated carbocycles. The highest BCUT2D eigenvalue weighted by Gasteiger charge is 2.22. The lowest BCUT2D eigenvalue weighted by Gasteiger charge is -2.15. The first-order valence-electron chi connectivity index (χ1n) is 10.6. The number of carbonyl (C=O) groups is 4. The molecular weight excluding hydrogens is 444 g/mol. The number of H-pyrrole nitrogens is 1. The number of amides is 3. The third-order valence-corrected chi connectivity index (χ3v) is 4.91. The fourth-order valence-electron chi connectivity index (χ4n) is 3.16. The van der Waals surface area contributed by atoms with Gasteiger partial charge in [-0.25, -0.2) is 4.79 Å². The number of fused-ring (bicyclic) bond motifs is 1. The summed E-state index contributed by atoms with van der Waals surface area (Å²) in [5, 5.41) is 17.4. The highest BCUT2D eigenvalue weighted by atomic mass is 16.4. The Labute approximate surface area is 195 Å². The van der Waals surface area contributed by atoms with Crippen LogP contribution in [0.25, 0.3) is 10.9 Å². The molecule has 2 rings (SSSR count). The van der Waals surface area contributed by atoms with Crippen molar-refractivity contribution in [3.63, 3.8) is 0 Å². The van der Waals surface area contributed by atoms with Gasteiger partial charge in [-0.15, -0.1) is 0 Å². The third-order valence-electron chi connectivity index (χ3n) is 4.91. The van der Waals surface area contributed by atoms with E-state index in [1.54, 1.807) is 6.20 Å². The highest BCUT2D eigenvalue weighted by Crippen LogP contribution is 2.19. The lowest BCUT2D eigenvalue weighted by molar-refractivity contribution is -0.141. The van der Waals surface area contributed by atoms with E-state index in [1.807, 2.05) is 24.3 Å². The molecule has 2 atom stereocenters. The van der Waals surface area contributed by atoms with Gasteiger partial charge in [0.25, 0.3) is 0 Å². The van der Waals surface area contributed by atoms with Crippen LogP contribution < -0.4 is 33.2 Å². The maximum Gasteiger partial charge on any atom is 0.326 e. The number of aliphatic carboxylic acids is 1. The van der Waals surface area contributed by atoms with Gasteiger partial charge in [0.2, 0.25) is 17.7 Å². The number of nitrogens with zero attached hydrogens (tertiary/aromatic N) is 1. The molecule has 2 aromatic rings. The molecule has 13 nitrogen and oxygen atoms in total. The summed E-state index contributed by atoms with van der Waals surface area (Å²) in [5.74, 6) is -3.09. The van der Waals surface area contributed by atoms with Crippen molar-refractivity contribution in [1.82, 2.24) is 20.9 Å². The number of nitrogens with one attached hydrogen (secondary N) is 4. The van der Waals surface area contributed by atoms with Crippen LogP contribution in [0.1, 0.15) is 18.4 Å². The van der Waals surface area contributed by atoms with Gasteiger partial charge >= 0.3 is 5.97 Å². The van der Waals surface area contributed by atoms with Crippen LogP contribution in [-0.4, -0.2) is 71.5 Å². The molecule has 11 N–H and O–H groups in total. The Hall–Kier alpha value is -4.13. The lowest BCUT2D eigenvalue weighted by atomic mass is 10.1. The molecular formula is C21H30N8O5. The zero-order valence-corrected chi connectivity index (χ0v) is 18.5. The molecule has 3 amide bonds. The smallest absolute Gasteiger partial charge is 0.326 e. The number of aliphatic imine (C=N–C) groups is 1. The molecule has 1 aromatic heterocycles. The van der Waals surface area contributed by atoms with E-state index in [4.69, 9.17) is 17.2 Å². The van der Waals surface area contributed by atoms with Crippen molar-refractivity contribution in [1.29, 1.82) is 0 Å². The van der Waals surface area contributed by atoms with Gasteiger partial charge in [0.05, 0.1) is 19.1 Å². The lowest BCUT2D eigenvalue weighted by Crippen LogP contribution is -2.49. The van der Waals surface area contributed by atoms with Gasteiger partial charge in [-0.2, -0.15) is 0 Å². The highest BCUT2D eigenvalue weighted by molar-refractivity contribution is 5.91. The Bertz CT molecular complexity index is 1050. The predicted octanol–water partition coefficient (Wildman–Crippen LogP) is -2.11. The van der Waals surface area contributed by atoms with Crippen LogP contribution >= 0.6 is 0 Å². The fourth-order valence-corrected chi connectivity index (χ4v) is 3.16. The molecule has 0 aliphatic carbocycles. The summed E-state index contributed by atoms with van der Waals surface area (Å²) < 4.78 is 0. The number of aromatic nitrogens is 1.